The van der Waals surface area contributed by atoms with Crippen molar-refractivity contribution in [3.8, 4) is 11.5 Å². The van der Waals surface area contributed by atoms with E-state index < -0.39 is 32.4 Å². The third-order valence-corrected chi connectivity index (χ3v) is 6.75. The van der Waals surface area contributed by atoms with Gasteiger partial charge in [-0.15, -0.1) is 0 Å². The Morgan fingerprint density at radius 2 is 1.64 bits per heavy atom. The summed E-state index contributed by atoms with van der Waals surface area (Å²) in [7, 11) is -4.75. The third kappa shape index (κ3) is 7.52. The maximum absolute atomic E-state index is 13.3. The van der Waals surface area contributed by atoms with Crippen LogP contribution in [0.5, 0.6) is 11.5 Å². The third-order valence-electron chi connectivity index (χ3n) is 5.44. The van der Waals surface area contributed by atoms with E-state index in [2.05, 4.69) is 0 Å². The van der Waals surface area contributed by atoms with Crippen LogP contribution in [0, 0.1) is 12.8 Å². The van der Waals surface area contributed by atoms with Gasteiger partial charge in [-0.25, -0.2) is 4.79 Å². The lowest BCUT2D eigenvalue weighted by Crippen LogP contribution is -2.42. The molecule has 1 aliphatic rings. The number of nitrogens with zero attached hydrogens (tertiary/aromatic N) is 1. The Bertz CT molecular complexity index is 1180. The van der Waals surface area contributed by atoms with Gasteiger partial charge in [0.2, 0.25) is 0 Å². The number of amides is 1. The maximum atomic E-state index is 13.3. The lowest BCUT2D eigenvalue weighted by atomic mass is 9.98. The van der Waals surface area contributed by atoms with E-state index in [-0.39, 0.29) is 17.8 Å². The fraction of sp³-hybridized carbons (Fsp3) is 0.480. The van der Waals surface area contributed by atoms with E-state index in [9.17, 15) is 26.4 Å². The molecule has 2 aromatic rings. The average molecular weight is 530 g/mol. The summed E-state index contributed by atoms with van der Waals surface area (Å²) in [4.78, 5) is 12.9. The van der Waals surface area contributed by atoms with Crippen molar-refractivity contribution in [1.82, 2.24) is 4.90 Å². The van der Waals surface area contributed by atoms with Gasteiger partial charge >= 0.3 is 22.4 Å². The monoisotopic (exact) mass is 529 g/mol. The van der Waals surface area contributed by atoms with Crippen LogP contribution in [0.25, 0.3) is 0 Å². The minimum Gasteiger partial charge on any atom is -0.493 e. The van der Waals surface area contributed by atoms with Gasteiger partial charge in [-0.3, -0.25) is 0 Å². The molecule has 2 aromatic carbocycles. The first-order valence-electron chi connectivity index (χ1n) is 11.5. The van der Waals surface area contributed by atoms with Crippen LogP contribution < -0.4 is 8.92 Å². The largest absolute Gasteiger partial charge is 0.493 e. The lowest BCUT2D eigenvalue weighted by Gasteiger charge is -2.33. The number of carbonyl (C=O) groups is 1. The Hall–Kier alpha value is -2.95. The molecular weight excluding hydrogens is 499 g/mol. The van der Waals surface area contributed by atoms with Gasteiger partial charge < -0.3 is 18.6 Å². The highest BCUT2D eigenvalue weighted by Gasteiger charge is 2.37. The van der Waals surface area contributed by atoms with E-state index in [0.29, 0.717) is 49.9 Å². The summed E-state index contributed by atoms with van der Waals surface area (Å²) in [5, 5.41) is 0. The minimum absolute atomic E-state index is 0.151. The lowest BCUT2D eigenvalue weighted by molar-refractivity contribution is -0.140. The topological polar surface area (TPSA) is 82.1 Å². The number of alkyl halides is 3. The molecule has 3 rings (SSSR count). The molecule has 0 bridgehead atoms. The molecule has 1 aliphatic heterocycles. The van der Waals surface area contributed by atoms with Crippen molar-refractivity contribution in [2.75, 3.05) is 19.7 Å². The van der Waals surface area contributed by atoms with Gasteiger partial charge in [0.05, 0.1) is 12.2 Å². The van der Waals surface area contributed by atoms with Crippen LogP contribution in [0.4, 0.5) is 18.0 Å². The van der Waals surface area contributed by atoms with Crippen molar-refractivity contribution >= 4 is 16.2 Å². The van der Waals surface area contributed by atoms with Gasteiger partial charge in [0.25, 0.3) is 0 Å². The Labute approximate surface area is 209 Å². The molecule has 0 saturated carbocycles. The van der Waals surface area contributed by atoms with Gasteiger partial charge in [-0.2, -0.15) is 21.6 Å². The molecule has 1 saturated heterocycles. The van der Waals surface area contributed by atoms with E-state index in [1.807, 2.05) is 20.8 Å². The van der Waals surface area contributed by atoms with Crippen LogP contribution in [0.1, 0.15) is 44.7 Å². The zero-order valence-electron chi connectivity index (χ0n) is 20.6. The van der Waals surface area contributed by atoms with Crippen LogP contribution in [-0.4, -0.2) is 44.7 Å². The summed E-state index contributed by atoms with van der Waals surface area (Å²) in [6.45, 7) is 8.51. The molecule has 0 atom stereocenters. The van der Waals surface area contributed by atoms with Crippen LogP contribution in [0.2, 0.25) is 0 Å². The molecule has 198 valence electrons. The van der Waals surface area contributed by atoms with E-state index in [4.69, 9.17) is 13.7 Å². The zero-order chi connectivity index (χ0) is 26.7. The van der Waals surface area contributed by atoms with Gasteiger partial charge in [0.1, 0.15) is 22.0 Å². The van der Waals surface area contributed by atoms with E-state index in [1.54, 1.807) is 17.9 Å². The molecular formula is C25H30F3NO6S. The summed E-state index contributed by atoms with van der Waals surface area (Å²) in [5.74, 6) is 0.344. The van der Waals surface area contributed by atoms with Crippen molar-refractivity contribution in [3.63, 3.8) is 0 Å². The number of carbonyl (C=O) groups excluding carboxylic acids is 1. The Morgan fingerprint density at radius 3 is 2.25 bits per heavy atom. The molecule has 0 aliphatic carbocycles. The predicted octanol–water partition coefficient (Wildman–Crippen LogP) is 5.81. The predicted molar refractivity (Wildman–Crippen MR) is 126 cm³/mol. The molecule has 11 heteroatoms. The molecule has 0 aromatic heterocycles. The summed E-state index contributed by atoms with van der Waals surface area (Å²) in [5.41, 5.74) is -1.25. The SMILES string of the molecule is Cc1cc(OCC2CCN(C(=O)OC(C)(C)C)CC2)cc(OS(=O)(=O)c2ccccc2C(F)(F)F)c1. The molecule has 36 heavy (non-hydrogen) atoms. The highest BCUT2D eigenvalue weighted by Crippen LogP contribution is 2.35. The Kier molecular flexibility index (Phi) is 8.12. The number of likely N-dealkylation sites (tertiary alicyclic amines) is 1. The summed E-state index contributed by atoms with van der Waals surface area (Å²) < 4.78 is 81.5. The first-order chi connectivity index (χ1) is 16.6. The normalized spacial score (nSPS) is 15.5. The minimum atomic E-state index is -4.85. The van der Waals surface area contributed by atoms with Crippen molar-refractivity contribution in [2.45, 2.75) is 57.2 Å². The highest BCUT2D eigenvalue weighted by molar-refractivity contribution is 7.87. The smallest absolute Gasteiger partial charge is 0.417 e. The van der Waals surface area contributed by atoms with E-state index in [0.717, 1.165) is 12.1 Å². The quantitative estimate of drug-likeness (QED) is 0.440. The van der Waals surface area contributed by atoms with Crippen molar-refractivity contribution < 1.29 is 40.0 Å². The number of rotatable bonds is 6. The first-order valence-corrected chi connectivity index (χ1v) is 12.9. The fourth-order valence-corrected chi connectivity index (χ4v) is 4.90. The number of aryl methyl sites for hydroxylation is 1. The molecule has 0 spiro atoms. The first kappa shape index (κ1) is 27.6. The van der Waals surface area contributed by atoms with Crippen LogP contribution in [0.3, 0.4) is 0 Å². The zero-order valence-corrected chi connectivity index (χ0v) is 21.4. The summed E-state index contributed by atoms with van der Waals surface area (Å²) >= 11 is 0. The molecule has 1 heterocycles. The van der Waals surface area contributed by atoms with Gasteiger partial charge in [-0.05, 0) is 76.3 Å². The van der Waals surface area contributed by atoms with E-state index >= 15 is 0 Å². The number of hydrogen-bond acceptors (Lipinski definition) is 6. The van der Waals surface area contributed by atoms with Crippen molar-refractivity contribution in [3.05, 3.63) is 53.6 Å². The second-order valence-electron chi connectivity index (χ2n) is 9.73. The maximum Gasteiger partial charge on any atom is 0.417 e. The number of benzene rings is 2. The molecule has 0 unspecified atom stereocenters. The Morgan fingerprint density at radius 1 is 1.03 bits per heavy atom. The number of ether oxygens (including phenoxy) is 2. The number of hydrogen-bond donors (Lipinski definition) is 0. The second kappa shape index (κ2) is 10.6. The highest BCUT2D eigenvalue weighted by atomic mass is 32.2. The second-order valence-corrected chi connectivity index (χ2v) is 11.2. The Balaban J connectivity index is 1.64. The standard InChI is InChI=1S/C25H30F3NO6S/c1-17-13-19(33-16-18-9-11-29(12-10-18)23(30)34-24(2,3)4)15-20(14-17)35-36(31,32)22-8-6-5-7-21(22)25(26,27)28/h5-8,13-15,18H,9-12,16H2,1-4H3. The van der Waals surface area contributed by atoms with Gasteiger partial charge in [0, 0.05) is 19.2 Å². The van der Waals surface area contributed by atoms with E-state index in [1.165, 1.54) is 18.2 Å². The number of piperidine rings is 1. The molecule has 0 N–H and O–H groups in total. The molecule has 1 fully saturated rings. The average Bonchev–Trinajstić information content (AvgIpc) is 2.75. The number of halogens is 3. The van der Waals surface area contributed by atoms with Gasteiger partial charge in [0.15, 0.2) is 0 Å². The molecule has 7 nitrogen and oxygen atoms in total. The van der Waals surface area contributed by atoms with Crippen molar-refractivity contribution in [2.24, 2.45) is 5.92 Å². The molecule has 1 amide bonds. The van der Waals surface area contributed by atoms with Crippen LogP contribution in [0.15, 0.2) is 47.4 Å². The van der Waals surface area contributed by atoms with Gasteiger partial charge in [-0.1, -0.05) is 12.1 Å². The summed E-state index contributed by atoms with van der Waals surface area (Å²) in [6.07, 6.45) is -3.79. The molecule has 0 radical (unpaired) electrons. The van der Waals surface area contributed by atoms with Crippen molar-refractivity contribution in [1.29, 1.82) is 0 Å². The van der Waals surface area contributed by atoms with Crippen LogP contribution in [-0.2, 0) is 21.0 Å². The summed E-state index contributed by atoms with van der Waals surface area (Å²) in [6, 6.07) is 8.27. The fourth-order valence-electron chi connectivity index (χ4n) is 3.76. The van der Waals surface area contributed by atoms with Crippen LogP contribution >= 0.6 is 0 Å².